The van der Waals surface area contributed by atoms with Crippen LogP contribution >= 0.6 is 0 Å². The maximum Gasteiger partial charge on any atom is 0.411 e. The summed E-state index contributed by atoms with van der Waals surface area (Å²) in [5.41, 5.74) is 1.19. The topological polar surface area (TPSA) is 73.9 Å². The van der Waals surface area contributed by atoms with Crippen molar-refractivity contribution in [2.24, 2.45) is 0 Å². The molecule has 0 spiro atoms. The van der Waals surface area contributed by atoms with Crippen LogP contribution in [0.3, 0.4) is 0 Å². The maximum absolute atomic E-state index is 12.4. The van der Waals surface area contributed by atoms with E-state index in [4.69, 9.17) is 0 Å². The van der Waals surface area contributed by atoms with Crippen molar-refractivity contribution in [3.8, 4) is 0 Å². The first-order valence-corrected chi connectivity index (χ1v) is 7.67. The molecule has 3 amide bonds. The number of likely N-dealkylation sites (tertiary alicyclic amines) is 1. The van der Waals surface area contributed by atoms with Gasteiger partial charge in [0.05, 0.1) is 7.11 Å². The second-order valence-corrected chi connectivity index (χ2v) is 5.77. The van der Waals surface area contributed by atoms with Gasteiger partial charge in [-0.25, -0.2) is 9.59 Å². The maximum atomic E-state index is 12.4. The van der Waals surface area contributed by atoms with Crippen LogP contribution < -0.4 is 10.6 Å². The Balaban J connectivity index is 1.94. The summed E-state index contributed by atoms with van der Waals surface area (Å²) in [6.45, 7) is 2.00. The summed E-state index contributed by atoms with van der Waals surface area (Å²) >= 11 is 0. The Morgan fingerprint density at radius 3 is 2.43 bits per heavy atom. The molecule has 1 saturated heterocycles. The summed E-state index contributed by atoms with van der Waals surface area (Å²) in [7, 11) is 5.22. The van der Waals surface area contributed by atoms with Crippen molar-refractivity contribution in [2.75, 3.05) is 44.9 Å². The molecule has 7 nitrogen and oxygen atoms in total. The lowest BCUT2D eigenvalue weighted by atomic mass is 10.0. The van der Waals surface area contributed by atoms with E-state index in [-0.39, 0.29) is 12.1 Å². The molecule has 126 valence electrons. The third-order valence-electron chi connectivity index (χ3n) is 4.10. The summed E-state index contributed by atoms with van der Waals surface area (Å²) in [6, 6.07) is 7.07. The minimum Gasteiger partial charge on any atom is -0.453 e. The molecule has 0 unspecified atom stereocenters. The standard InChI is InChI=1S/C16H24N4O3/c1-19-9-7-14(8-10-19)20(2)15(21)17-12-5-4-6-13(11-12)18-16(22)23-3/h4-6,11,14H,7-10H2,1-3H3,(H,17,21)(H,18,22). The normalized spacial score (nSPS) is 15.8. The molecule has 1 heterocycles. The van der Waals surface area contributed by atoms with E-state index in [0.29, 0.717) is 11.4 Å². The van der Waals surface area contributed by atoms with Gasteiger partial charge in [-0.05, 0) is 51.2 Å². The first-order chi connectivity index (χ1) is 11.0. The molecule has 1 aliphatic heterocycles. The quantitative estimate of drug-likeness (QED) is 0.897. The van der Waals surface area contributed by atoms with Crippen molar-refractivity contribution in [2.45, 2.75) is 18.9 Å². The third-order valence-corrected chi connectivity index (χ3v) is 4.10. The lowest BCUT2D eigenvalue weighted by Crippen LogP contribution is -2.46. The van der Waals surface area contributed by atoms with Crippen molar-refractivity contribution in [3.63, 3.8) is 0 Å². The number of urea groups is 1. The first kappa shape index (κ1) is 17.1. The van der Waals surface area contributed by atoms with Crippen LogP contribution in [0, 0.1) is 0 Å². The molecule has 1 aromatic rings. The van der Waals surface area contributed by atoms with E-state index >= 15 is 0 Å². The Hall–Kier alpha value is -2.28. The molecule has 7 heteroatoms. The second-order valence-electron chi connectivity index (χ2n) is 5.77. The number of rotatable bonds is 3. The van der Waals surface area contributed by atoms with Crippen molar-refractivity contribution < 1.29 is 14.3 Å². The molecule has 1 aliphatic rings. The van der Waals surface area contributed by atoms with Crippen LogP contribution in [0.4, 0.5) is 21.0 Å². The number of methoxy groups -OCH3 is 1. The van der Waals surface area contributed by atoms with Crippen molar-refractivity contribution in [1.29, 1.82) is 0 Å². The fourth-order valence-electron chi connectivity index (χ4n) is 2.60. The third kappa shape index (κ3) is 4.85. The highest BCUT2D eigenvalue weighted by molar-refractivity contribution is 5.91. The van der Waals surface area contributed by atoms with Gasteiger partial charge in [0, 0.05) is 24.5 Å². The van der Waals surface area contributed by atoms with Gasteiger partial charge in [0.25, 0.3) is 0 Å². The number of ether oxygens (including phenoxy) is 1. The number of carbonyl (C=O) groups excluding carboxylic acids is 2. The highest BCUT2D eigenvalue weighted by Crippen LogP contribution is 2.18. The average molecular weight is 320 g/mol. The fourth-order valence-corrected chi connectivity index (χ4v) is 2.60. The number of carbonyl (C=O) groups is 2. The van der Waals surface area contributed by atoms with Crippen LogP contribution in [0.25, 0.3) is 0 Å². The van der Waals surface area contributed by atoms with Crippen LogP contribution in [0.15, 0.2) is 24.3 Å². The number of hydrogen-bond donors (Lipinski definition) is 2. The highest BCUT2D eigenvalue weighted by Gasteiger charge is 2.23. The number of nitrogens with one attached hydrogen (secondary N) is 2. The van der Waals surface area contributed by atoms with Crippen molar-refractivity contribution >= 4 is 23.5 Å². The van der Waals surface area contributed by atoms with Crippen LogP contribution in [0.5, 0.6) is 0 Å². The Morgan fingerprint density at radius 1 is 1.22 bits per heavy atom. The van der Waals surface area contributed by atoms with E-state index in [1.165, 1.54) is 7.11 Å². The van der Waals surface area contributed by atoms with Crippen molar-refractivity contribution in [3.05, 3.63) is 24.3 Å². The second kappa shape index (κ2) is 7.82. The summed E-state index contributed by atoms with van der Waals surface area (Å²) in [5, 5.41) is 5.43. The predicted octanol–water partition coefficient (Wildman–Crippen LogP) is 2.42. The molecule has 0 bridgehead atoms. The molecule has 2 rings (SSSR count). The number of amides is 3. The van der Waals surface area contributed by atoms with Gasteiger partial charge in [0.1, 0.15) is 0 Å². The molecule has 0 aliphatic carbocycles. The smallest absolute Gasteiger partial charge is 0.411 e. The summed E-state index contributed by atoms with van der Waals surface area (Å²) in [4.78, 5) is 27.6. The molecular formula is C16H24N4O3. The molecule has 1 fully saturated rings. The fraction of sp³-hybridized carbons (Fsp3) is 0.500. The zero-order valence-corrected chi connectivity index (χ0v) is 13.8. The molecule has 0 atom stereocenters. The Bertz CT molecular complexity index is 556. The summed E-state index contributed by atoms with van der Waals surface area (Å²) < 4.78 is 4.55. The SMILES string of the molecule is COC(=O)Nc1cccc(NC(=O)N(C)C2CCN(C)CC2)c1. The summed E-state index contributed by atoms with van der Waals surface area (Å²) in [5.74, 6) is 0. The molecule has 0 saturated carbocycles. The number of hydrogen-bond acceptors (Lipinski definition) is 4. The lowest BCUT2D eigenvalue weighted by molar-refractivity contribution is 0.156. The van der Waals surface area contributed by atoms with E-state index in [1.807, 2.05) is 7.05 Å². The molecule has 0 radical (unpaired) electrons. The monoisotopic (exact) mass is 320 g/mol. The highest BCUT2D eigenvalue weighted by atomic mass is 16.5. The van der Waals surface area contributed by atoms with Crippen LogP contribution in [0.1, 0.15) is 12.8 Å². The Morgan fingerprint density at radius 2 is 1.83 bits per heavy atom. The van der Waals surface area contributed by atoms with E-state index in [0.717, 1.165) is 25.9 Å². The van der Waals surface area contributed by atoms with Crippen LogP contribution in [-0.2, 0) is 4.74 Å². The Kier molecular flexibility index (Phi) is 5.81. The van der Waals surface area contributed by atoms with Gasteiger partial charge < -0.3 is 19.9 Å². The van der Waals surface area contributed by atoms with Gasteiger partial charge in [0.15, 0.2) is 0 Å². The molecular weight excluding hydrogens is 296 g/mol. The average Bonchev–Trinajstić information content (AvgIpc) is 2.55. The zero-order chi connectivity index (χ0) is 16.8. The van der Waals surface area contributed by atoms with Crippen LogP contribution in [0.2, 0.25) is 0 Å². The minimum absolute atomic E-state index is 0.144. The Labute approximate surface area is 136 Å². The van der Waals surface area contributed by atoms with Gasteiger partial charge in [-0.15, -0.1) is 0 Å². The van der Waals surface area contributed by atoms with E-state index in [2.05, 4.69) is 27.3 Å². The van der Waals surface area contributed by atoms with Gasteiger partial charge in [-0.2, -0.15) is 0 Å². The van der Waals surface area contributed by atoms with Crippen LogP contribution in [-0.4, -0.2) is 62.3 Å². The first-order valence-electron chi connectivity index (χ1n) is 7.67. The van der Waals surface area contributed by atoms with E-state index in [1.54, 1.807) is 29.2 Å². The van der Waals surface area contributed by atoms with Gasteiger partial charge in [0.2, 0.25) is 0 Å². The number of anilines is 2. The predicted molar refractivity (Wildman–Crippen MR) is 89.8 cm³/mol. The van der Waals surface area contributed by atoms with Gasteiger partial charge in [-0.1, -0.05) is 6.07 Å². The van der Waals surface area contributed by atoms with Gasteiger partial charge in [-0.3, -0.25) is 5.32 Å². The molecule has 1 aromatic carbocycles. The largest absolute Gasteiger partial charge is 0.453 e. The number of piperidine rings is 1. The number of benzene rings is 1. The molecule has 23 heavy (non-hydrogen) atoms. The van der Waals surface area contributed by atoms with E-state index < -0.39 is 6.09 Å². The molecule has 0 aromatic heterocycles. The summed E-state index contributed by atoms with van der Waals surface area (Å²) in [6.07, 6.45) is 1.41. The van der Waals surface area contributed by atoms with Crippen molar-refractivity contribution in [1.82, 2.24) is 9.80 Å². The molecule has 2 N–H and O–H groups in total. The number of nitrogens with zero attached hydrogens (tertiary/aromatic N) is 2. The minimum atomic E-state index is -0.545. The van der Waals surface area contributed by atoms with E-state index in [9.17, 15) is 9.59 Å². The lowest BCUT2D eigenvalue weighted by Gasteiger charge is -2.35. The zero-order valence-electron chi connectivity index (χ0n) is 13.8. The van der Waals surface area contributed by atoms with Gasteiger partial charge >= 0.3 is 12.1 Å².